The number of nitrogens with two attached hydrogens (primary N) is 1. The number of rotatable bonds is 3. The van der Waals surface area contributed by atoms with Crippen molar-refractivity contribution in [3.63, 3.8) is 0 Å². The SMILES string of the molecule is CC1CCCC(CN)(NC(=O)NCC(F)(F)F)C1. The average molecular weight is 267 g/mol. The molecule has 106 valence electrons. The van der Waals surface area contributed by atoms with Crippen molar-refractivity contribution in [2.75, 3.05) is 13.1 Å². The fraction of sp³-hybridized carbons (Fsp3) is 0.909. The molecule has 7 heteroatoms. The first-order valence-electron chi connectivity index (χ1n) is 6.09. The van der Waals surface area contributed by atoms with Gasteiger partial charge in [-0.25, -0.2) is 4.79 Å². The maximum Gasteiger partial charge on any atom is 0.405 e. The smallest absolute Gasteiger partial charge is 0.331 e. The minimum absolute atomic E-state index is 0.247. The highest BCUT2D eigenvalue weighted by Gasteiger charge is 2.36. The molecule has 4 nitrogen and oxygen atoms in total. The predicted molar refractivity (Wildman–Crippen MR) is 62.0 cm³/mol. The molecule has 0 aromatic carbocycles. The first-order chi connectivity index (χ1) is 8.26. The first kappa shape index (κ1) is 15.1. The number of carbonyl (C=O) groups is 1. The van der Waals surface area contributed by atoms with Crippen molar-refractivity contribution in [2.24, 2.45) is 11.7 Å². The molecule has 1 saturated carbocycles. The van der Waals surface area contributed by atoms with Gasteiger partial charge in [0.2, 0.25) is 0 Å². The highest BCUT2D eigenvalue weighted by Crippen LogP contribution is 2.31. The number of hydrogen-bond donors (Lipinski definition) is 3. The number of alkyl halides is 3. The Morgan fingerprint density at radius 1 is 1.50 bits per heavy atom. The molecule has 2 amide bonds. The van der Waals surface area contributed by atoms with Gasteiger partial charge in [0.15, 0.2) is 0 Å². The van der Waals surface area contributed by atoms with E-state index >= 15 is 0 Å². The second-order valence-corrected chi connectivity index (χ2v) is 5.11. The molecule has 1 rings (SSSR count). The molecule has 18 heavy (non-hydrogen) atoms. The summed E-state index contributed by atoms with van der Waals surface area (Å²) in [5.74, 6) is 0.421. The van der Waals surface area contributed by atoms with Crippen molar-refractivity contribution in [3.05, 3.63) is 0 Å². The van der Waals surface area contributed by atoms with E-state index in [9.17, 15) is 18.0 Å². The summed E-state index contributed by atoms with van der Waals surface area (Å²) in [7, 11) is 0. The third kappa shape index (κ3) is 4.72. The van der Waals surface area contributed by atoms with E-state index in [4.69, 9.17) is 5.73 Å². The molecule has 0 bridgehead atoms. The Bertz CT molecular complexity index is 296. The van der Waals surface area contributed by atoms with E-state index in [0.29, 0.717) is 18.8 Å². The fourth-order valence-electron chi connectivity index (χ4n) is 2.48. The molecule has 0 radical (unpaired) electrons. The molecule has 0 aromatic rings. The standard InChI is InChI=1S/C11H20F3N3O/c1-8-3-2-4-10(5-8,6-15)17-9(18)16-7-11(12,13)14/h8H,2-7,15H2,1H3,(H2,16,17,18). The Morgan fingerprint density at radius 2 is 2.17 bits per heavy atom. The van der Waals surface area contributed by atoms with Crippen LogP contribution in [0.2, 0.25) is 0 Å². The summed E-state index contributed by atoms with van der Waals surface area (Å²) < 4.78 is 35.9. The van der Waals surface area contributed by atoms with Gasteiger partial charge in [-0.2, -0.15) is 13.2 Å². The average Bonchev–Trinajstić information content (AvgIpc) is 2.25. The Balaban J connectivity index is 2.49. The maximum atomic E-state index is 12.0. The molecule has 1 fully saturated rings. The highest BCUT2D eigenvalue weighted by atomic mass is 19.4. The van der Waals surface area contributed by atoms with Gasteiger partial charge in [-0.3, -0.25) is 0 Å². The molecule has 0 aliphatic heterocycles. The van der Waals surface area contributed by atoms with E-state index in [-0.39, 0.29) is 6.54 Å². The summed E-state index contributed by atoms with van der Waals surface area (Å²) >= 11 is 0. The van der Waals surface area contributed by atoms with Crippen LogP contribution in [-0.2, 0) is 0 Å². The summed E-state index contributed by atoms with van der Waals surface area (Å²) in [5, 5.41) is 4.42. The van der Waals surface area contributed by atoms with Crippen LogP contribution in [0.4, 0.5) is 18.0 Å². The molecular formula is C11H20F3N3O. The minimum atomic E-state index is -4.40. The number of nitrogens with one attached hydrogen (secondary N) is 2. The normalized spacial score (nSPS) is 28.8. The summed E-state index contributed by atoms with van der Waals surface area (Å²) in [4.78, 5) is 11.5. The lowest BCUT2D eigenvalue weighted by molar-refractivity contribution is -0.122. The van der Waals surface area contributed by atoms with E-state index in [0.717, 1.165) is 12.8 Å². The Morgan fingerprint density at radius 3 is 2.67 bits per heavy atom. The second kappa shape index (κ2) is 5.77. The van der Waals surface area contributed by atoms with Gasteiger partial charge in [-0.1, -0.05) is 19.8 Å². The first-order valence-corrected chi connectivity index (χ1v) is 6.09. The van der Waals surface area contributed by atoms with Crippen LogP contribution in [0.1, 0.15) is 32.6 Å². The van der Waals surface area contributed by atoms with Crippen LogP contribution in [0.3, 0.4) is 0 Å². The molecule has 4 N–H and O–H groups in total. The van der Waals surface area contributed by atoms with Gasteiger partial charge in [-0.15, -0.1) is 0 Å². The van der Waals surface area contributed by atoms with Gasteiger partial charge in [0.1, 0.15) is 6.54 Å². The van der Waals surface area contributed by atoms with Gasteiger partial charge < -0.3 is 16.4 Å². The van der Waals surface area contributed by atoms with E-state index in [2.05, 4.69) is 12.2 Å². The zero-order valence-corrected chi connectivity index (χ0v) is 10.4. The van der Waals surface area contributed by atoms with Crippen LogP contribution in [0, 0.1) is 5.92 Å². The monoisotopic (exact) mass is 267 g/mol. The van der Waals surface area contributed by atoms with Gasteiger partial charge in [0.25, 0.3) is 0 Å². The lowest BCUT2D eigenvalue weighted by Crippen LogP contribution is -2.58. The van der Waals surface area contributed by atoms with Crippen molar-refractivity contribution in [2.45, 2.75) is 44.3 Å². The van der Waals surface area contributed by atoms with Gasteiger partial charge >= 0.3 is 12.2 Å². The zero-order chi connectivity index (χ0) is 13.8. The summed E-state index contributed by atoms with van der Waals surface area (Å²) in [6.07, 6.45) is -0.977. The van der Waals surface area contributed by atoms with Crippen molar-refractivity contribution < 1.29 is 18.0 Å². The molecule has 0 aromatic heterocycles. The molecule has 0 saturated heterocycles. The second-order valence-electron chi connectivity index (χ2n) is 5.11. The van der Waals surface area contributed by atoms with Gasteiger partial charge in [-0.05, 0) is 18.8 Å². The zero-order valence-electron chi connectivity index (χ0n) is 10.4. The van der Waals surface area contributed by atoms with Crippen molar-refractivity contribution >= 4 is 6.03 Å². The molecule has 2 unspecified atom stereocenters. The molecule has 1 aliphatic carbocycles. The van der Waals surface area contributed by atoms with Crippen LogP contribution >= 0.6 is 0 Å². The third-order valence-corrected chi connectivity index (χ3v) is 3.31. The van der Waals surface area contributed by atoms with E-state index in [1.54, 1.807) is 0 Å². The Labute approximate surface area is 104 Å². The number of urea groups is 1. The van der Waals surface area contributed by atoms with Gasteiger partial charge in [0.05, 0.1) is 5.54 Å². The maximum absolute atomic E-state index is 12.0. The Hall–Kier alpha value is -0.980. The van der Waals surface area contributed by atoms with Crippen molar-refractivity contribution in [1.82, 2.24) is 10.6 Å². The van der Waals surface area contributed by atoms with E-state index in [1.807, 2.05) is 5.32 Å². The van der Waals surface area contributed by atoms with E-state index < -0.39 is 24.3 Å². The topological polar surface area (TPSA) is 67.1 Å². The molecule has 1 aliphatic rings. The quantitative estimate of drug-likeness (QED) is 0.729. The Kier molecular flexibility index (Phi) is 4.84. The van der Waals surface area contributed by atoms with Crippen LogP contribution in [0.25, 0.3) is 0 Å². The number of carbonyl (C=O) groups excluding carboxylic acids is 1. The highest BCUT2D eigenvalue weighted by molar-refractivity contribution is 5.74. The number of amides is 2. The van der Waals surface area contributed by atoms with Crippen LogP contribution in [0.15, 0.2) is 0 Å². The predicted octanol–water partition coefficient (Wildman–Crippen LogP) is 1.76. The van der Waals surface area contributed by atoms with Crippen molar-refractivity contribution in [3.8, 4) is 0 Å². The lowest BCUT2D eigenvalue weighted by Gasteiger charge is -2.39. The van der Waals surface area contributed by atoms with Crippen molar-refractivity contribution in [1.29, 1.82) is 0 Å². The molecular weight excluding hydrogens is 247 g/mol. The molecule has 2 atom stereocenters. The molecule has 0 heterocycles. The van der Waals surface area contributed by atoms with Crippen LogP contribution in [-0.4, -0.2) is 30.8 Å². The van der Waals surface area contributed by atoms with Crippen LogP contribution in [0.5, 0.6) is 0 Å². The fourth-order valence-corrected chi connectivity index (χ4v) is 2.48. The van der Waals surface area contributed by atoms with Crippen LogP contribution < -0.4 is 16.4 Å². The largest absolute Gasteiger partial charge is 0.405 e. The third-order valence-electron chi connectivity index (χ3n) is 3.31. The number of halogens is 3. The van der Waals surface area contributed by atoms with Gasteiger partial charge in [0, 0.05) is 6.54 Å². The number of hydrogen-bond acceptors (Lipinski definition) is 2. The van der Waals surface area contributed by atoms with E-state index in [1.165, 1.54) is 0 Å². The lowest BCUT2D eigenvalue weighted by atomic mass is 9.76. The minimum Gasteiger partial charge on any atom is -0.331 e. The summed E-state index contributed by atoms with van der Waals surface area (Å²) in [6, 6.07) is -0.799. The summed E-state index contributed by atoms with van der Waals surface area (Å²) in [6.45, 7) is 0.977. The summed E-state index contributed by atoms with van der Waals surface area (Å²) in [5.41, 5.74) is 5.10. The molecule has 0 spiro atoms.